The van der Waals surface area contributed by atoms with Gasteiger partial charge in [-0.25, -0.2) is 0 Å². The van der Waals surface area contributed by atoms with Gasteiger partial charge >= 0.3 is 0 Å². The first-order valence-electron chi connectivity index (χ1n) is 7.56. The van der Waals surface area contributed by atoms with Crippen molar-refractivity contribution in [3.8, 4) is 11.5 Å². The van der Waals surface area contributed by atoms with E-state index in [2.05, 4.69) is 0 Å². The van der Waals surface area contributed by atoms with Crippen molar-refractivity contribution in [1.82, 2.24) is 0 Å². The van der Waals surface area contributed by atoms with Crippen LogP contribution in [0.15, 0.2) is 53.0 Å². The van der Waals surface area contributed by atoms with Crippen molar-refractivity contribution in [3.63, 3.8) is 0 Å². The van der Waals surface area contributed by atoms with E-state index >= 15 is 0 Å². The van der Waals surface area contributed by atoms with Gasteiger partial charge in [-0.2, -0.15) is 0 Å². The third-order valence-corrected chi connectivity index (χ3v) is 3.90. The van der Waals surface area contributed by atoms with E-state index in [9.17, 15) is 4.79 Å². The Bertz CT molecular complexity index is 919. The van der Waals surface area contributed by atoms with Crippen LogP contribution in [0.4, 0.5) is 0 Å². The lowest BCUT2D eigenvalue weighted by Crippen LogP contribution is -1.94. The highest BCUT2D eigenvalue weighted by Crippen LogP contribution is 2.29. The zero-order chi connectivity index (χ0) is 17.1. The minimum absolute atomic E-state index is 0.168. The molecule has 3 rings (SSSR count). The van der Waals surface area contributed by atoms with E-state index in [0.717, 1.165) is 22.1 Å². The fourth-order valence-electron chi connectivity index (χ4n) is 2.61. The van der Waals surface area contributed by atoms with E-state index in [1.54, 1.807) is 26.4 Å². The van der Waals surface area contributed by atoms with Gasteiger partial charge in [0, 0.05) is 10.9 Å². The van der Waals surface area contributed by atoms with Crippen molar-refractivity contribution < 1.29 is 18.7 Å². The Kier molecular flexibility index (Phi) is 4.38. The van der Waals surface area contributed by atoms with Crippen molar-refractivity contribution in [2.75, 3.05) is 14.2 Å². The van der Waals surface area contributed by atoms with Crippen molar-refractivity contribution in [1.29, 1.82) is 0 Å². The molecule has 0 N–H and O–H groups in total. The molecule has 0 bridgehead atoms. The van der Waals surface area contributed by atoms with E-state index in [-0.39, 0.29) is 5.78 Å². The number of ketones is 1. The van der Waals surface area contributed by atoms with Crippen LogP contribution in [0, 0.1) is 6.92 Å². The summed E-state index contributed by atoms with van der Waals surface area (Å²) in [5, 5.41) is 0.959. The van der Waals surface area contributed by atoms with Gasteiger partial charge in [0.25, 0.3) is 0 Å². The Hall–Kier alpha value is -3.01. The van der Waals surface area contributed by atoms with Crippen molar-refractivity contribution in [2.45, 2.75) is 6.92 Å². The first-order valence-corrected chi connectivity index (χ1v) is 7.56. The standard InChI is InChI=1S/C20H18O4/c1-13-15-6-4-5-7-17(15)24-20(13)16(21)10-8-14-9-11-18(22-2)19(12-14)23-3/h4-12H,1-3H3/b10-8+. The minimum atomic E-state index is -0.168. The first-order chi connectivity index (χ1) is 11.6. The fraction of sp³-hybridized carbons (Fsp3) is 0.150. The molecule has 0 saturated carbocycles. The van der Waals surface area contributed by atoms with Crippen LogP contribution in [-0.2, 0) is 0 Å². The largest absolute Gasteiger partial charge is 0.493 e. The second-order valence-electron chi connectivity index (χ2n) is 5.36. The van der Waals surface area contributed by atoms with Crippen LogP contribution < -0.4 is 9.47 Å². The Morgan fingerprint density at radius 2 is 1.79 bits per heavy atom. The number of methoxy groups -OCH3 is 2. The highest BCUT2D eigenvalue weighted by molar-refractivity contribution is 6.08. The highest BCUT2D eigenvalue weighted by Gasteiger charge is 2.15. The number of ether oxygens (including phenoxy) is 2. The summed E-state index contributed by atoms with van der Waals surface area (Å²) in [4.78, 5) is 12.4. The topological polar surface area (TPSA) is 48.7 Å². The van der Waals surface area contributed by atoms with E-state index in [1.807, 2.05) is 43.3 Å². The molecule has 1 heterocycles. The van der Waals surface area contributed by atoms with E-state index in [4.69, 9.17) is 13.9 Å². The molecule has 0 aliphatic carbocycles. The molecule has 0 amide bonds. The Morgan fingerprint density at radius 1 is 1.04 bits per heavy atom. The molecule has 1 aromatic heterocycles. The molecule has 0 spiro atoms. The maximum Gasteiger partial charge on any atom is 0.221 e. The monoisotopic (exact) mass is 322 g/mol. The predicted molar refractivity (Wildman–Crippen MR) is 93.9 cm³/mol. The van der Waals surface area contributed by atoms with Gasteiger partial charge in [-0.15, -0.1) is 0 Å². The normalized spacial score (nSPS) is 11.1. The molecule has 0 aliphatic rings. The van der Waals surface area contributed by atoms with Gasteiger partial charge < -0.3 is 13.9 Å². The van der Waals surface area contributed by atoms with Gasteiger partial charge in [0.2, 0.25) is 5.78 Å². The maximum absolute atomic E-state index is 12.4. The Labute approximate surface area is 140 Å². The van der Waals surface area contributed by atoms with Gasteiger partial charge in [0.05, 0.1) is 14.2 Å². The summed E-state index contributed by atoms with van der Waals surface area (Å²) in [6, 6.07) is 13.1. The molecule has 4 heteroatoms. The van der Waals surface area contributed by atoms with Crippen LogP contribution in [0.5, 0.6) is 11.5 Å². The first kappa shape index (κ1) is 15.9. The summed E-state index contributed by atoms with van der Waals surface area (Å²) in [6.07, 6.45) is 3.24. The number of rotatable bonds is 5. The van der Waals surface area contributed by atoms with Crippen LogP contribution in [0.1, 0.15) is 21.7 Å². The molecule has 2 aromatic carbocycles. The number of aryl methyl sites for hydroxylation is 1. The number of para-hydroxylation sites is 1. The molecular weight excluding hydrogens is 304 g/mol. The zero-order valence-corrected chi connectivity index (χ0v) is 13.8. The molecule has 0 unspecified atom stereocenters. The second-order valence-corrected chi connectivity index (χ2v) is 5.36. The van der Waals surface area contributed by atoms with Gasteiger partial charge in [0.15, 0.2) is 17.3 Å². The van der Waals surface area contributed by atoms with Crippen molar-refractivity contribution in [2.24, 2.45) is 0 Å². The number of carbonyl (C=O) groups excluding carboxylic acids is 1. The molecule has 24 heavy (non-hydrogen) atoms. The average molecular weight is 322 g/mol. The molecule has 0 radical (unpaired) electrons. The van der Waals surface area contributed by atoms with E-state index in [0.29, 0.717) is 17.3 Å². The fourth-order valence-corrected chi connectivity index (χ4v) is 2.61. The zero-order valence-electron chi connectivity index (χ0n) is 13.8. The van der Waals surface area contributed by atoms with Gasteiger partial charge in [-0.3, -0.25) is 4.79 Å². The third kappa shape index (κ3) is 2.91. The lowest BCUT2D eigenvalue weighted by Gasteiger charge is -2.07. The molecule has 0 aliphatic heterocycles. The Balaban J connectivity index is 1.88. The SMILES string of the molecule is COc1ccc(/C=C/C(=O)c2oc3ccccc3c2C)cc1OC. The molecule has 0 fully saturated rings. The number of benzene rings is 2. The third-order valence-electron chi connectivity index (χ3n) is 3.90. The van der Waals surface area contributed by atoms with E-state index < -0.39 is 0 Å². The summed E-state index contributed by atoms with van der Waals surface area (Å²) in [6.45, 7) is 1.89. The van der Waals surface area contributed by atoms with Gasteiger partial charge in [0.1, 0.15) is 5.58 Å². The van der Waals surface area contributed by atoms with Crippen LogP contribution in [0.3, 0.4) is 0 Å². The average Bonchev–Trinajstić information content (AvgIpc) is 2.96. The number of allylic oxidation sites excluding steroid dienone is 1. The Morgan fingerprint density at radius 3 is 2.50 bits per heavy atom. The highest BCUT2D eigenvalue weighted by atomic mass is 16.5. The number of fused-ring (bicyclic) bond motifs is 1. The molecular formula is C20H18O4. The summed E-state index contributed by atoms with van der Waals surface area (Å²) < 4.78 is 16.2. The summed E-state index contributed by atoms with van der Waals surface area (Å²) >= 11 is 0. The number of hydrogen-bond acceptors (Lipinski definition) is 4. The number of hydrogen-bond donors (Lipinski definition) is 0. The van der Waals surface area contributed by atoms with Crippen molar-refractivity contribution in [3.05, 3.63) is 65.4 Å². The summed E-state index contributed by atoms with van der Waals surface area (Å²) in [7, 11) is 3.16. The minimum Gasteiger partial charge on any atom is -0.493 e. The summed E-state index contributed by atoms with van der Waals surface area (Å²) in [5.41, 5.74) is 2.42. The number of carbonyl (C=O) groups is 1. The second kappa shape index (κ2) is 6.62. The smallest absolute Gasteiger partial charge is 0.221 e. The van der Waals surface area contributed by atoms with Gasteiger partial charge in [-0.1, -0.05) is 30.3 Å². The van der Waals surface area contributed by atoms with Crippen LogP contribution in [0.2, 0.25) is 0 Å². The predicted octanol–water partition coefficient (Wildman–Crippen LogP) is 4.65. The summed E-state index contributed by atoms with van der Waals surface area (Å²) in [5.74, 6) is 1.47. The lowest BCUT2D eigenvalue weighted by atomic mass is 10.1. The number of furan rings is 1. The molecule has 4 nitrogen and oxygen atoms in total. The maximum atomic E-state index is 12.4. The van der Waals surface area contributed by atoms with Crippen LogP contribution in [0.25, 0.3) is 17.0 Å². The molecule has 0 atom stereocenters. The van der Waals surface area contributed by atoms with Crippen molar-refractivity contribution >= 4 is 22.8 Å². The van der Waals surface area contributed by atoms with Crippen LogP contribution in [-0.4, -0.2) is 20.0 Å². The van der Waals surface area contributed by atoms with E-state index in [1.165, 1.54) is 6.08 Å². The quantitative estimate of drug-likeness (QED) is 0.506. The lowest BCUT2D eigenvalue weighted by molar-refractivity contribution is 0.102. The molecule has 122 valence electrons. The van der Waals surface area contributed by atoms with Crippen LogP contribution >= 0.6 is 0 Å². The van der Waals surface area contributed by atoms with Gasteiger partial charge in [-0.05, 0) is 36.8 Å². The molecule has 3 aromatic rings. The molecule has 0 saturated heterocycles.